The topological polar surface area (TPSA) is 90.9 Å². The molecular weight excluding hydrogens is 226 g/mol. The van der Waals surface area contributed by atoms with E-state index in [4.69, 9.17) is 9.84 Å². The molecule has 0 aromatic rings. The van der Waals surface area contributed by atoms with Crippen LogP contribution in [0.25, 0.3) is 0 Å². The van der Waals surface area contributed by atoms with Gasteiger partial charge in [0.2, 0.25) is 0 Å². The molecule has 3 N–H and O–H groups in total. The molecule has 0 saturated carbocycles. The maximum Gasteiger partial charge on any atom is 0.407 e. The number of rotatable bonds is 4. The van der Waals surface area contributed by atoms with Gasteiger partial charge in [0.15, 0.2) is 0 Å². The fourth-order valence-electron chi connectivity index (χ4n) is 2.17. The first-order valence-corrected chi connectivity index (χ1v) is 5.78. The summed E-state index contributed by atoms with van der Waals surface area (Å²) < 4.78 is 4.97. The van der Waals surface area contributed by atoms with Gasteiger partial charge in [-0.2, -0.15) is 0 Å². The molecule has 2 atom stereocenters. The van der Waals surface area contributed by atoms with Crippen molar-refractivity contribution in [1.29, 1.82) is 0 Å². The van der Waals surface area contributed by atoms with E-state index in [0.29, 0.717) is 32.1 Å². The Balaban J connectivity index is 1.60. The molecule has 7 heteroatoms. The minimum Gasteiger partial charge on any atom is -0.465 e. The number of cyclic esters (lactones) is 1. The Labute approximate surface area is 99.1 Å². The van der Waals surface area contributed by atoms with Gasteiger partial charge in [-0.15, -0.1) is 0 Å². The summed E-state index contributed by atoms with van der Waals surface area (Å²) in [6.45, 7) is 3.12. The standard InChI is InChI=1S/C10H17N3O4/c14-9-12-5-8(17-9)4-11-3-7-1-2-13(6-7)10(15)16/h7-8,11H,1-6H2,(H,12,14)(H,15,16)/t7-,8-/m0/s1. The van der Waals surface area contributed by atoms with Gasteiger partial charge in [-0.05, 0) is 18.9 Å². The molecule has 2 heterocycles. The van der Waals surface area contributed by atoms with Crippen LogP contribution in [0.3, 0.4) is 0 Å². The summed E-state index contributed by atoms with van der Waals surface area (Å²) in [7, 11) is 0. The average Bonchev–Trinajstić information content (AvgIpc) is 2.88. The minimum absolute atomic E-state index is 0.112. The molecule has 96 valence electrons. The second-order valence-corrected chi connectivity index (χ2v) is 4.45. The van der Waals surface area contributed by atoms with Crippen molar-refractivity contribution in [3.63, 3.8) is 0 Å². The zero-order valence-electron chi connectivity index (χ0n) is 9.52. The predicted octanol–water partition coefficient (Wildman–Crippen LogP) is -0.316. The van der Waals surface area contributed by atoms with Crippen molar-refractivity contribution >= 4 is 12.2 Å². The number of nitrogens with one attached hydrogen (secondary N) is 2. The molecule has 0 bridgehead atoms. The number of ether oxygens (including phenoxy) is 1. The molecule has 0 aromatic carbocycles. The quantitative estimate of drug-likeness (QED) is 0.629. The molecule has 2 fully saturated rings. The van der Waals surface area contributed by atoms with E-state index in [9.17, 15) is 9.59 Å². The van der Waals surface area contributed by atoms with Crippen LogP contribution in [0.1, 0.15) is 6.42 Å². The Kier molecular flexibility index (Phi) is 3.68. The number of hydrogen-bond donors (Lipinski definition) is 3. The summed E-state index contributed by atoms with van der Waals surface area (Å²) in [6.07, 6.45) is -0.433. The van der Waals surface area contributed by atoms with Crippen molar-refractivity contribution < 1.29 is 19.4 Å². The lowest BCUT2D eigenvalue weighted by molar-refractivity contribution is 0.138. The minimum atomic E-state index is -0.846. The van der Waals surface area contributed by atoms with E-state index in [1.807, 2.05) is 0 Å². The van der Waals surface area contributed by atoms with Crippen LogP contribution in [-0.4, -0.2) is 61.0 Å². The third kappa shape index (κ3) is 3.23. The highest BCUT2D eigenvalue weighted by Gasteiger charge is 2.26. The van der Waals surface area contributed by atoms with Crippen molar-refractivity contribution in [2.24, 2.45) is 5.92 Å². The van der Waals surface area contributed by atoms with E-state index in [1.165, 1.54) is 4.90 Å². The smallest absolute Gasteiger partial charge is 0.407 e. The van der Waals surface area contributed by atoms with Crippen LogP contribution < -0.4 is 10.6 Å². The lowest BCUT2D eigenvalue weighted by Gasteiger charge is -2.14. The molecule has 0 radical (unpaired) electrons. The van der Waals surface area contributed by atoms with Crippen molar-refractivity contribution in [3.8, 4) is 0 Å². The van der Waals surface area contributed by atoms with Crippen LogP contribution in [0.2, 0.25) is 0 Å². The first-order valence-electron chi connectivity index (χ1n) is 5.78. The number of alkyl carbamates (subject to hydrolysis) is 1. The van der Waals surface area contributed by atoms with Gasteiger partial charge in [-0.1, -0.05) is 0 Å². The van der Waals surface area contributed by atoms with Crippen molar-refractivity contribution in [2.75, 3.05) is 32.7 Å². The van der Waals surface area contributed by atoms with Gasteiger partial charge < -0.3 is 25.4 Å². The molecule has 7 nitrogen and oxygen atoms in total. The summed E-state index contributed by atoms with van der Waals surface area (Å²) in [5, 5.41) is 14.6. The third-order valence-corrected chi connectivity index (χ3v) is 3.11. The summed E-state index contributed by atoms with van der Waals surface area (Å²) in [5.41, 5.74) is 0. The van der Waals surface area contributed by atoms with Crippen LogP contribution in [-0.2, 0) is 4.74 Å². The van der Waals surface area contributed by atoms with Crippen LogP contribution in [0.5, 0.6) is 0 Å². The average molecular weight is 243 g/mol. The number of nitrogens with zero attached hydrogens (tertiary/aromatic N) is 1. The van der Waals surface area contributed by atoms with Gasteiger partial charge in [0.25, 0.3) is 0 Å². The molecule has 2 rings (SSSR count). The highest BCUT2D eigenvalue weighted by atomic mass is 16.6. The first kappa shape index (κ1) is 12.0. The molecule has 2 aliphatic heterocycles. The van der Waals surface area contributed by atoms with E-state index in [0.717, 1.165) is 13.0 Å². The predicted molar refractivity (Wildman–Crippen MR) is 58.8 cm³/mol. The molecule has 2 amide bonds. The molecule has 2 saturated heterocycles. The van der Waals surface area contributed by atoms with Crippen LogP contribution in [0.4, 0.5) is 9.59 Å². The van der Waals surface area contributed by atoms with E-state index >= 15 is 0 Å². The number of carboxylic acid groups (broad SMARTS) is 1. The second kappa shape index (κ2) is 5.22. The molecule has 0 unspecified atom stereocenters. The zero-order chi connectivity index (χ0) is 12.3. The molecule has 0 aromatic heterocycles. The zero-order valence-corrected chi connectivity index (χ0v) is 9.52. The van der Waals surface area contributed by atoms with Gasteiger partial charge in [0.1, 0.15) is 6.10 Å². The molecule has 0 aliphatic carbocycles. The number of carbonyl (C=O) groups excluding carboxylic acids is 1. The van der Waals surface area contributed by atoms with Crippen molar-refractivity contribution in [2.45, 2.75) is 12.5 Å². The third-order valence-electron chi connectivity index (χ3n) is 3.11. The Morgan fingerprint density at radius 1 is 1.59 bits per heavy atom. The number of amides is 2. The van der Waals surface area contributed by atoms with E-state index in [-0.39, 0.29) is 12.2 Å². The fourth-order valence-corrected chi connectivity index (χ4v) is 2.17. The molecular formula is C10H17N3O4. The lowest BCUT2D eigenvalue weighted by Crippen LogP contribution is -2.34. The summed E-state index contributed by atoms with van der Waals surface area (Å²) in [6, 6.07) is 0. The van der Waals surface area contributed by atoms with Crippen LogP contribution in [0.15, 0.2) is 0 Å². The van der Waals surface area contributed by atoms with Crippen LogP contribution in [0, 0.1) is 5.92 Å². The molecule has 0 spiro atoms. The largest absolute Gasteiger partial charge is 0.465 e. The van der Waals surface area contributed by atoms with Gasteiger partial charge in [0.05, 0.1) is 6.54 Å². The van der Waals surface area contributed by atoms with Crippen molar-refractivity contribution in [3.05, 3.63) is 0 Å². The highest BCUT2D eigenvalue weighted by molar-refractivity contribution is 5.69. The Hall–Kier alpha value is -1.50. The Morgan fingerprint density at radius 3 is 3.00 bits per heavy atom. The van der Waals surface area contributed by atoms with Gasteiger partial charge >= 0.3 is 12.2 Å². The molecule has 2 aliphatic rings. The Bertz CT molecular complexity index is 310. The highest BCUT2D eigenvalue weighted by Crippen LogP contribution is 2.15. The maximum atomic E-state index is 10.8. The van der Waals surface area contributed by atoms with Gasteiger partial charge in [-0.3, -0.25) is 0 Å². The SMILES string of the molecule is O=C1NC[C@H](CNC[C@@H]2CCN(C(=O)O)C2)O1. The number of carbonyl (C=O) groups is 2. The number of likely N-dealkylation sites (tertiary alicyclic amines) is 1. The lowest BCUT2D eigenvalue weighted by atomic mass is 10.1. The van der Waals surface area contributed by atoms with E-state index in [1.54, 1.807) is 0 Å². The van der Waals surface area contributed by atoms with Crippen LogP contribution >= 0.6 is 0 Å². The van der Waals surface area contributed by atoms with E-state index < -0.39 is 6.09 Å². The second-order valence-electron chi connectivity index (χ2n) is 4.45. The monoisotopic (exact) mass is 243 g/mol. The van der Waals surface area contributed by atoms with E-state index in [2.05, 4.69) is 10.6 Å². The van der Waals surface area contributed by atoms with Gasteiger partial charge in [-0.25, -0.2) is 9.59 Å². The first-order chi connectivity index (χ1) is 8.15. The van der Waals surface area contributed by atoms with Crippen molar-refractivity contribution in [1.82, 2.24) is 15.5 Å². The summed E-state index contributed by atoms with van der Waals surface area (Å²) >= 11 is 0. The summed E-state index contributed by atoms with van der Waals surface area (Å²) in [5.74, 6) is 0.358. The Morgan fingerprint density at radius 2 is 2.41 bits per heavy atom. The fraction of sp³-hybridized carbons (Fsp3) is 0.800. The summed E-state index contributed by atoms with van der Waals surface area (Å²) in [4.78, 5) is 22.9. The maximum absolute atomic E-state index is 10.8. The molecule has 17 heavy (non-hydrogen) atoms. The number of hydrogen-bond acceptors (Lipinski definition) is 4. The normalized spacial score (nSPS) is 28.0. The van der Waals surface area contributed by atoms with Gasteiger partial charge in [0, 0.05) is 19.6 Å².